The van der Waals surface area contributed by atoms with Gasteiger partial charge in [-0.2, -0.15) is 0 Å². The number of rotatable bonds is 7. The number of allylic oxidation sites excluding steroid dienone is 1. The van der Waals surface area contributed by atoms with Gasteiger partial charge in [0.15, 0.2) is 12.4 Å². The first-order valence-corrected chi connectivity index (χ1v) is 7.59. The summed E-state index contributed by atoms with van der Waals surface area (Å²) in [5.41, 5.74) is 2.39. The number of aryl methyl sites for hydroxylation is 1. The zero-order chi connectivity index (χ0) is 17.9. The molecule has 24 heavy (non-hydrogen) atoms. The molecule has 0 spiro atoms. The lowest BCUT2D eigenvalue weighted by Crippen LogP contribution is -2.13. The van der Waals surface area contributed by atoms with Crippen LogP contribution in [0.1, 0.15) is 39.0 Å². The highest BCUT2D eigenvalue weighted by molar-refractivity contribution is 5.98. The van der Waals surface area contributed by atoms with Crippen molar-refractivity contribution in [3.05, 3.63) is 65.3 Å². The van der Waals surface area contributed by atoms with E-state index in [-0.39, 0.29) is 29.5 Å². The van der Waals surface area contributed by atoms with Gasteiger partial charge in [-0.25, -0.2) is 4.39 Å². The van der Waals surface area contributed by atoms with Crippen LogP contribution in [0.4, 0.5) is 4.39 Å². The summed E-state index contributed by atoms with van der Waals surface area (Å²) >= 11 is 0. The Morgan fingerprint density at radius 3 is 2.54 bits per heavy atom. The van der Waals surface area contributed by atoms with E-state index in [0.29, 0.717) is 12.1 Å². The van der Waals surface area contributed by atoms with Crippen LogP contribution in [0.25, 0.3) is 0 Å². The van der Waals surface area contributed by atoms with Crippen molar-refractivity contribution < 1.29 is 18.7 Å². The van der Waals surface area contributed by atoms with E-state index in [1.54, 1.807) is 6.08 Å². The molecule has 0 bridgehead atoms. The van der Waals surface area contributed by atoms with E-state index in [9.17, 15) is 14.0 Å². The lowest BCUT2D eigenvalue weighted by molar-refractivity contribution is 0.0919. The van der Waals surface area contributed by atoms with Gasteiger partial charge in [-0.3, -0.25) is 9.59 Å². The minimum atomic E-state index is -0.656. The zero-order valence-corrected chi connectivity index (χ0v) is 14.1. The zero-order valence-electron chi connectivity index (χ0n) is 14.1. The molecule has 0 amide bonds. The van der Waals surface area contributed by atoms with E-state index in [4.69, 9.17) is 4.74 Å². The third-order valence-corrected chi connectivity index (χ3v) is 3.88. The van der Waals surface area contributed by atoms with Crippen LogP contribution in [0.15, 0.2) is 36.9 Å². The van der Waals surface area contributed by atoms with Crippen LogP contribution in [-0.4, -0.2) is 22.7 Å². The van der Waals surface area contributed by atoms with Crippen molar-refractivity contribution in [2.24, 2.45) is 0 Å². The molecule has 0 fully saturated rings. The highest BCUT2D eigenvalue weighted by Crippen LogP contribution is 2.19. The minimum absolute atomic E-state index is 0.00153. The Kier molecular flexibility index (Phi) is 5.34. The van der Waals surface area contributed by atoms with Crippen LogP contribution in [-0.2, 0) is 6.54 Å². The molecule has 0 N–H and O–H groups in total. The molecule has 126 valence electrons. The Hall–Kier alpha value is -2.69. The van der Waals surface area contributed by atoms with Gasteiger partial charge in [-0.05, 0) is 39.0 Å². The van der Waals surface area contributed by atoms with Gasteiger partial charge in [0.05, 0.1) is 5.56 Å². The second-order valence-electron chi connectivity index (χ2n) is 5.59. The average molecular weight is 329 g/mol. The number of carbonyl (C=O) groups excluding carboxylic acids is 2. The molecule has 0 aliphatic heterocycles. The lowest BCUT2D eigenvalue weighted by atomic mass is 10.1. The lowest BCUT2D eigenvalue weighted by Gasteiger charge is -2.08. The van der Waals surface area contributed by atoms with Gasteiger partial charge in [0.25, 0.3) is 0 Å². The molecule has 0 atom stereocenters. The van der Waals surface area contributed by atoms with Crippen molar-refractivity contribution in [2.45, 2.75) is 27.3 Å². The molecule has 4 nitrogen and oxygen atoms in total. The number of nitrogens with zero attached hydrogens (tertiary/aromatic N) is 1. The molecule has 0 saturated carbocycles. The van der Waals surface area contributed by atoms with Crippen LogP contribution in [0.3, 0.4) is 0 Å². The van der Waals surface area contributed by atoms with E-state index in [2.05, 4.69) is 6.58 Å². The first-order valence-electron chi connectivity index (χ1n) is 7.59. The summed E-state index contributed by atoms with van der Waals surface area (Å²) in [6, 6.07) is 5.76. The molecule has 0 aliphatic carbocycles. The maximum Gasteiger partial charge on any atom is 0.202 e. The monoisotopic (exact) mass is 329 g/mol. The number of Topliss-reactive ketones (excluding diaryl/α,β-unsaturated/α-hetero) is 2. The Balaban J connectivity index is 2.11. The van der Waals surface area contributed by atoms with E-state index >= 15 is 0 Å². The fraction of sp³-hybridized carbons (Fsp3) is 0.263. The number of ketones is 2. The summed E-state index contributed by atoms with van der Waals surface area (Å²) in [5.74, 6) is -0.985. The second-order valence-corrected chi connectivity index (χ2v) is 5.59. The van der Waals surface area contributed by atoms with Gasteiger partial charge in [0, 0.05) is 29.6 Å². The Bertz CT molecular complexity index is 805. The molecule has 1 aromatic heterocycles. The summed E-state index contributed by atoms with van der Waals surface area (Å²) < 4.78 is 21.1. The van der Waals surface area contributed by atoms with E-state index in [1.165, 1.54) is 19.1 Å². The fourth-order valence-electron chi connectivity index (χ4n) is 2.59. The predicted molar refractivity (Wildman–Crippen MR) is 90.3 cm³/mol. The predicted octanol–water partition coefficient (Wildman–Crippen LogP) is 3.89. The number of carbonyl (C=O) groups is 2. The van der Waals surface area contributed by atoms with Gasteiger partial charge in [-0.1, -0.05) is 6.08 Å². The summed E-state index contributed by atoms with van der Waals surface area (Å²) in [6.45, 7) is 9.22. The molecule has 1 aromatic carbocycles. The summed E-state index contributed by atoms with van der Waals surface area (Å²) in [5, 5.41) is 0. The van der Waals surface area contributed by atoms with Crippen molar-refractivity contribution in [2.75, 3.05) is 6.61 Å². The quantitative estimate of drug-likeness (QED) is 0.572. The van der Waals surface area contributed by atoms with Gasteiger partial charge >= 0.3 is 0 Å². The van der Waals surface area contributed by atoms with Gasteiger partial charge in [0.2, 0.25) is 5.78 Å². The smallest absolute Gasteiger partial charge is 0.202 e. The van der Waals surface area contributed by atoms with Crippen LogP contribution in [0.5, 0.6) is 5.75 Å². The fourth-order valence-corrected chi connectivity index (χ4v) is 2.59. The van der Waals surface area contributed by atoms with Crippen molar-refractivity contribution >= 4 is 11.6 Å². The van der Waals surface area contributed by atoms with E-state index in [0.717, 1.165) is 17.5 Å². The van der Waals surface area contributed by atoms with Crippen LogP contribution in [0, 0.1) is 19.7 Å². The van der Waals surface area contributed by atoms with Crippen LogP contribution >= 0.6 is 0 Å². The first-order chi connectivity index (χ1) is 11.3. The number of hydrogen-bond donors (Lipinski definition) is 0. The molecule has 0 aliphatic rings. The topological polar surface area (TPSA) is 48.3 Å². The Labute approximate surface area is 140 Å². The molecule has 1 heterocycles. The molecule has 2 aromatic rings. The molecular formula is C19H20FNO3. The van der Waals surface area contributed by atoms with Crippen molar-refractivity contribution in [3.63, 3.8) is 0 Å². The Morgan fingerprint density at radius 1 is 1.25 bits per heavy atom. The Morgan fingerprint density at radius 2 is 1.96 bits per heavy atom. The standard InChI is InChI=1S/C19H20FNO3/c1-5-8-21-12(2)9-17(13(21)3)19(23)11-24-15-6-7-16(14(4)22)18(20)10-15/h5-7,9-10H,1,8,11H2,2-4H3. The van der Waals surface area contributed by atoms with Gasteiger partial charge < -0.3 is 9.30 Å². The largest absolute Gasteiger partial charge is 0.485 e. The van der Waals surface area contributed by atoms with Gasteiger partial charge in [0.1, 0.15) is 11.6 Å². The summed E-state index contributed by atoms with van der Waals surface area (Å²) in [7, 11) is 0. The van der Waals surface area contributed by atoms with Gasteiger partial charge in [-0.15, -0.1) is 6.58 Å². The molecular weight excluding hydrogens is 309 g/mol. The molecule has 5 heteroatoms. The number of ether oxygens (including phenoxy) is 1. The minimum Gasteiger partial charge on any atom is -0.485 e. The number of benzene rings is 1. The van der Waals surface area contributed by atoms with Crippen LogP contribution in [0.2, 0.25) is 0 Å². The second kappa shape index (κ2) is 7.25. The van der Waals surface area contributed by atoms with Crippen molar-refractivity contribution in [1.29, 1.82) is 0 Å². The van der Waals surface area contributed by atoms with E-state index in [1.807, 2.05) is 24.5 Å². The van der Waals surface area contributed by atoms with Crippen molar-refractivity contribution in [1.82, 2.24) is 4.57 Å². The molecule has 2 rings (SSSR count). The third-order valence-electron chi connectivity index (χ3n) is 3.88. The van der Waals surface area contributed by atoms with Crippen LogP contribution < -0.4 is 4.74 Å². The highest BCUT2D eigenvalue weighted by Gasteiger charge is 2.16. The SMILES string of the molecule is C=CCn1c(C)cc(C(=O)COc2ccc(C(C)=O)c(F)c2)c1C. The summed E-state index contributed by atoms with van der Waals surface area (Å²) in [6.07, 6.45) is 1.77. The maximum absolute atomic E-state index is 13.8. The van der Waals surface area contributed by atoms with E-state index < -0.39 is 5.82 Å². The number of halogens is 1. The number of hydrogen-bond acceptors (Lipinski definition) is 3. The third kappa shape index (κ3) is 3.62. The number of aromatic nitrogens is 1. The molecule has 0 radical (unpaired) electrons. The van der Waals surface area contributed by atoms with Crippen molar-refractivity contribution in [3.8, 4) is 5.75 Å². The summed E-state index contributed by atoms with van der Waals surface area (Å²) in [4.78, 5) is 23.6. The maximum atomic E-state index is 13.8. The normalized spacial score (nSPS) is 10.5. The highest BCUT2D eigenvalue weighted by atomic mass is 19.1. The molecule has 0 saturated heterocycles. The first kappa shape index (κ1) is 17.7. The average Bonchev–Trinajstić information content (AvgIpc) is 2.81. The molecule has 0 unspecified atom stereocenters.